The molecular weight excluding hydrogens is 316 g/mol. The van der Waals surface area contributed by atoms with E-state index in [2.05, 4.69) is 5.32 Å². The Hall–Kier alpha value is -1.60. The van der Waals surface area contributed by atoms with E-state index in [1.165, 1.54) is 0 Å². The summed E-state index contributed by atoms with van der Waals surface area (Å²) in [5.41, 5.74) is 2.56. The molecule has 0 unspecified atom stereocenters. The summed E-state index contributed by atoms with van der Waals surface area (Å²) in [5, 5.41) is 2.75. The van der Waals surface area contributed by atoms with Gasteiger partial charge in [-0.1, -0.05) is 6.07 Å². The van der Waals surface area contributed by atoms with Crippen LogP contribution in [0.25, 0.3) is 0 Å². The molecule has 1 aromatic rings. The van der Waals surface area contributed by atoms with Gasteiger partial charge in [0.2, 0.25) is 15.9 Å². The van der Waals surface area contributed by atoms with Gasteiger partial charge in [0.25, 0.3) is 0 Å². The van der Waals surface area contributed by atoms with Crippen molar-refractivity contribution in [3.05, 3.63) is 29.3 Å². The molecule has 1 aliphatic heterocycles. The van der Waals surface area contributed by atoms with Crippen molar-refractivity contribution in [2.45, 2.75) is 32.8 Å². The van der Waals surface area contributed by atoms with Crippen LogP contribution in [0, 0.1) is 13.8 Å². The molecule has 7 heteroatoms. The maximum absolute atomic E-state index is 12.1. The fourth-order valence-corrected chi connectivity index (χ4v) is 3.35. The quantitative estimate of drug-likeness (QED) is 0.848. The van der Waals surface area contributed by atoms with E-state index in [9.17, 15) is 13.2 Å². The third-order valence-corrected chi connectivity index (χ3v) is 5.16. The number of ether oxygens (including phenoxy) is 1. The molecule has 0 aromatic heterocycles. The molecule has 1 aliphatic rings. The lowest BCUT2D eigenvalue weighted by molar-refractivity contribution is -0.120. The summed E-state index contributed by atoms with van der Waals surface area (Å²) in [6.07, 6.45) is 3.06. The third-order valence-electron chi connectivity index (χ3n) is 4.02. The number of carbonyl (C=O) groups is 1. The van der Waals surface area contributed by atoms with Crippen LogP contribution in [0.2, 0.25) is 0 Å². The van der Waals surface area contributed by atoms with Crippen LogP contribution in [-0.2, 0) is 19.6 Å². The zero-order chi connectivity index (χ0) is 17.0. The number of hydrogen-bond acceptors (Lipinski definition) is 4. The minimum Gasteiger partial charge on any atom is -0.376 e. The molecule has 1 heterocycles. The monoisotopic (exact) mass is 340 g/mol. The zero-order valence-electron chi connectivity index (χ0n) is 13.8. The van der Waals surface area contributed by atoms with E-state index < -0.39 is 10.0 Å². The molecule has 128 valence electrons. The highest BCUT2D eigenvalue weighted by molar-refractivity contribution is 7.92. The van der Waals surface area contributed by atoms with Crippen molar-refractivity contribution in [1.82, 2.24) is 5.32 Å². The number of anilines is 1. The number of hydrogen-bond donors (Lipinski definition) is 1. The molecule has 0 saturated carbocycles. The van der Waals surface area contributed by atoms with Gasteiger partial charge in [-0.3, -0.25) is 9.10 Å². The molecule has 1 atom stereocenters. The summed E-state index contributed by atoms with van der Waals surface area (Å²) in [7, 11) is -3.54. The Kier molecular flexibility index (Phi) is 5.64. The molecule has 23 heavy (non-hydrogen) atoms. The van der Waals surface area contributed by atoms with E-state index in [0.717, 1.165) is 41.1 Å². The van der Waals surface area contributed by atoms with Crippen molar-refractivity contribution in [3.8, 4) is 0 Å². The van der Waals surface area contributed by atoms with Crippen molar-refractivity contribution in [2.24, 2.45) is 0 Å². The number of benzene rings is 1. The largest absolute Gasteiger partial charge is 0.376 e. The van der Waals surface area contributed by atoms with E-state index >= 15 is 0 Å². The highest BCUT2D eigenvalue weighted by Crippen LogP contribution is 2.21. The fourth-order valence-electron chi connectivity index (χ4n) is 2.50. The Morgan fingerprint density at radius 3 is 2.65 bits per heavy atom. The average molecular weight is 340 g/mol. The lowest BCUT2D eigenvalue weighted by Gasteiger charge is -2.23. The van der Waals surface area contributed by atoms with Crippen molar-refractivity contribution in [1.29, 1.82) is 0 Å². The van der Waals surface area contributed by atoms with Crippen molar-refractivity contribution >= 4 is 21.6 Å². The second kappa shape index (κ2) is 7.31. The predicted octanol–water partition coefficient (Wildman–Crippen LogP) is 1.36. The molecule has 1 aromatic carbocycles. The number of sulfonamides is 1. The third kappa shape index (κ3) is 4.94. The van der Waals surface area contributed by atoms with E-state index in [4.69, 9.17) is 4.74 Å². The van der Waals surface area contributed by atoms with E-state index in [0.29, 0.717) is 12.2 Å². The van der Waals surface area contributed by atoms with Crippen LogP contribution in [0.1, 0.15) is 24.0 Å². The Labute approximate surface area is 137 Å². The van der Waals surface area contributed by atoms with Crippen LogP contribution in [0.3, 0.4) is 0 Å². The van der Waals surface area contributed by atoms with Gasteiger partial charge in [0.1, 0.15) is 6.54 Å². The lowest BCUT2D eigenvalue weighted by atomic mass is 10.1. The number of carbonyl (C=O) groups excluding carboxylic acids is 1. The summed E-state index contributed by atoms with van der Waals surface area (Å²) in [5.74, 6) is -0.329. The summed E-state index contributed by atoms with van der Waals surface area (Å²) >= 11 is 0. The molecule has 0 aliphatic carbocycles. The standard InChI is InChI=1S/C16H24N2O4S/c1-12-6-7-14(9-13(12)2)18(23(3,20)21)11-16(19)17-10-15-5-4-8-22-15/h6-7,9,15H,4-5,8,10-11H2,1-3H3,(H,17,19)/t15-/m0/s1. The molecule has 1 saturated heterocycles. The van der Waals surface area contributed by atoms with Gasteiger partial charge in [-0.05, 0) is 49.9 Å². The summed E-state index contributed by atoms with van der Waals surface area (Å²) in [6.45, 7) is 4.78. The lowest BCUT2D eigenvalue weighted by Crippen LogP contribution is -2.42. The SMILES string of the molecule is Cc1ccc(N(CC(=O)NC[C@@H]2CCCO2)S(C)(=O)=O)cc1C. The number of aryl methyl sites for hydroxylation is 2. The summed E-state index contributed by atoms with van der Waals surface area (Å²) in [4.78, 5) is 12.1. The molecule has 1 amide bonds. The normalized spacial score (nSPS) is 18.0. The number of rotatable bonds is 6. The van der Waals surface area contributed by atoms with Gasteiger partial charge in [-0.15, -0.1) is 0 Å². The first-order valence-electron chi connectivity index (χ1n) is 7.70. The van der Waals surface area contributed by atoms with Crippen LogP contribution in [0.4, 0.5) is 5.69 Å². The summed E-state index contributed by atoms with van der Waals surface area (Å²) < 4.78 is 30.7. The Morgan fingerprint density at radius 2 is 2.09 bits per heavy atom. The van der Waals surface area contributed by atoms with Gasteiger partial charge in [-0.2, -0.15) is 0 Å². The smallest absolute Gasteiger partial charge is 0.240 e. The number of nitrogens with one attached hydrogen (secondary N) is 1. The van der Waals surface area contributed by atoms with Crippen molar-refractivity contribution in [2.75, 3.05) is 30.3 Å². The van der Waals surface area contributed by atoms with Crippen LogP contribution in [0.15, 0.2) is 18.2 Å². The molecular formula is C16H24N2O4S. The predicted molar refractivity (Wildman–Crippen MR) is 90.1 cm³/mol. The first-order chi connectivity index (χ1) is 10.8. The van der Waals surface area contributed by atoms with E-state index in [1.54, 1.807) is 12.1 Å². The van der Waals surface area contributed by atoms with Gasteiger partial charge < -0.3 is 10.1 Å². The molecule has 1 N–H and O–H groups in total. The Morgan fingerprint density at radius 1 is 1.35 bits per heavy atom. The van der Waals surface area contributed by atoms with E-state index in [1.807, 2.05) is 19.9 Å². The molecule has 6 nitrogen and oxygen atoms in total. The van der Waals surface area contributed by atoms with Gasteiger partial charge in [-0.25, -0.2) is 8.42 Å². The molecule has 0 radical (unpaired) electrons. The van der Waals surface area contributed by atoms with Gasteiger partial charge in [0.15, 0.2) is 0 Å². The highest BCUT2D eigenvalue weighted by Gasteiger charge is 2.22. The second-order valence-electron chi connectivity index (χ2n) is 5.98. The minimum atomic E-state index is -3.54. The van der Waals surface area contributed by atoms with Crippen LogP contribution in [-0.4, -0.2) is 46.4 Å². The van der Waals surface area contributed by atoms with E-state index in [-0.39, 0.29) is 18.6 Å². The molecule has 0 spiro atoms. The van der Waals surface area contributed by atoms with Crippen LogP contribution in [0.5, 0.6) is 0 Å². The van der Waals surface area contributed by atoms with Gasteiger partial charge >= 0.3 is 0 Å². The number of nitrogens with zero attached hydrogens (tertiary/aromatic N) is 1. The Bertz CT molecular complexity index is 667. The maximum atomic E-state index is 12.1. The number of amides is 1. The average Bonchev–Trinajstić information content (AvgIpc) is 2.98. The second-order valence-corrected chi connectivity index (χ2v) is 7.88. The van der Waals surface area contributed by atoms with Crippen molar-refractivity contribution in [3.63, 3.8) is 0 Å². The van der Waals surface area contributed by atoms with Gasteiger partial charge in [0, 0.05) is 13.2 Å². The highest BCUT2D eigenvalue weighted by atomic mass is 32.2. The zero-order valence-corrected chi connectivity index (χ0v) is 14.6. The summed E-state index contributed by atoms with van der Waals surface area (Å²) in [6, 6.07) is 5.35. The van der Waals surface area contributed by atoms with Crippen LogP contribution < -0.4 is 9.62 Å². The first kappa shape index (κ1) is 17.7. The minimum absolute atomic E-state index is 0.0345. The first-order valence-corrected chi connectivity index (χ1v) is 9.55. The fraction of sp³-hybridized carbons (Fsp3) is 0.562. The molecule has 2 rings (SSSR count). The topological polar surface area (TPSA) is 75.7 Å². The van der Waals surface area contributed by atoms with Crippen molar-refractivity contribution < 1.29 is 17.9 Å². The molecule has 0 bridgehead atoms. The molecule has 1 fully saturated rings. The Balaban J connectivity index is 2.06. The van der Waals surface area contributed by atoms with Crippen LogP contribution >= 0.6 is 0 Å². The maximum Gasteiger partial charge on any atom is 0.240 e. The van der Waals surface area contributed by atoms with Gasteiger partial charge in [0.05, 0.1) is 18.0 Å².